The van der Waals surface area contributed by atoms with Gasteiger partial charge in [0, 0.05) is 11.1 Å². The van der Waals surface area contributed by atoms with Crippen LogP contribution in [0.1, 0.15) is 34.8 Å². The molecule has 0 fully saturated rings. The molecule has 0 radical (unpaired) electrons. The summed E-state index contributed by atoms with van der Waals surface area (Å²) in [5, 5.41) is 6.88. The van der Waals surface area contributed by atoms with Gasteiger partial charge in [-0.15, -0.1) is 0 Å². The number of nitrogens with one attached hydrogen (secondary N) is 1. The van der Waals surface area contributed by atoms with Gasteiger partial charge in [0.15, 0.2) is 11.5 Å². The largest absolute Gasteiger partial charge is 0.493 e. The molecule has 27 heavy (non-hydrogen) atoms. The third-order valence-corrected chi connectivity index (χ3v) is 4.19. The summed E-state index contributed by atoms with van der Waals surface area (Å²) in [5.41, 5.74) is 2.24. The number of aromatic nitrogens is 2. The van der Waals surface area contributed by atoms with E-state index in [1.165, 1.54) is 0 Å². The predicted octanol–water partition coefficient (Wildman–Crippen LogP) is 3.55. The number of rotatable bonds is 6. The number of methoxy groups -OCH3 is 2. The summed E-state index contributed by atoms with van der Waals surface area (Å²) >= 11 is 0. The zero-order valence-corrected chi connectivity index (χ0v) is 15.6. The van der Waals surface area contributed by atoms with Crippen LogP contribution in [0.4, 0.5) is 0 Å². The molecule has 0 aliphatic rings. The fourth-order valence-electron chi connectivity index (χ4n) is 2.67. The summed E-state index contributed by atoms with van der Waals surface area (Å²) in [5.74, 6) is 1.72. The molecule has 1 aromatic heterocycles. The van der Waals surface area contributed by atoms with Gasteiger partial charge in [-0.25, -0.2) is 0 Å². The molecule has 2 aromatic carbocycles. The number of aryl methyl sites for hydroxylation is 1. The first-order valence-corrected chi connectivity index (χ1v) is 8.46. The van der Waals surface area contributed by atoms with E-state index in [1.807, 2.05) is 31.2 Å². The van der Waals surface area contributed by atoms with Crippen molar-refractivity contribution >= 4 is 5.91 Å². The zero-order valence-electron chi connectivity index (χ0n) is 15.6. The number of carbonyl (C=O) groups excluding carboxylic acids is 1. The minimum atomic E-state index is -0.432. The Labute approximate surface area is 157 Å². The van der Waals surface area contributed by atoms with Crippen LogP contribution in [0.5, 0.6) is 11.5 Å². The molecule has 0 saturated carbocycles. The Balaban J connectivity index is 1.77. The predicted molar refractivity (Wildman–Crippen MR) is 99.9 cm³/mol. The normalized spacial score (nSPS) is 11.7. The van der Waals surface area contributed by atoms with Crippen molar-refractivity contribution < 1.29 is 18.8 Å². The van der Waals surface area contributed by atoms with Crippen molar-refractivity contribution in [1.29, 1.82) is 0 Å². The van der Waals surface area contributed by atoms with Crippen molar-refractivity contribution in [2.75, 3.05) is 14.2 Å². The molecule has 1 atom stereocenters. The first-order valence-electron chi connectivity index (χ1n) is 8.46. The fourth-order valence-corrected chi connectivity index (χ4v) is 2.67. The molecule has 0 aliphatic heterocycles. The maximum Gasteiger partial charge on any atom is 0.252 e. The Morgan fingerprint density at radius 2 is 1.85 bits per heavy atom. The average molecular weight is 367 g/mol. The zero-order chi connectivity index (χ0) is 19.4. The summed E-state index contributed by atoms with van der Waals surface area (Å²) in [6.07, 6.45) is 0. The first-order chi connectivity index (χ1) is 13.0. The van der Waals surface area contributed by atoms with Crippen LogP contribution in [0.25, 0.3) is 11.4 Å². The standard InChI is InChI=1S/C20H21N3O4/c1-12-7-5-6-8-15(12)19(24)21-13(2)20-22-18(23-27-20)14-9-10-16(25-3)17(11-14)26-4/h5-11,13H,1-4H3,(H,21,24)/t13-/m0/s1. The lowest BCUT2D eigenvalue weighted by Crippen LogP contribution is -2.27. The van der Waals surface area contributed by atoms with Crippen molar-refractivity contribution in [3.05, 3.63) is 59.5 Å². The highest BCUT2D eigenvalue weighted by atomic mass is 16.5. The highest BCUT2D eigenvalue weighted by molar-refractivity contribution is 5.95. The maximum atomic E-state index is 12.4. The van der Waals surface area contributed by atoms with Crippen LogP contribution in [-0.4, -0.2) is 30.3 Å². The van der Waals surface area contributed by atoms with Gasteiger partial charge in [0.1, 0.15) is 6.04 Å². The number of carbonyl (C=O) groups is 1. The van der Waals surface area contributed by atoms with Crippen LogP contribution in [0, 0.1) is 6.92 Å². The van der Waals surface area contributed by atoms with Crippen LogP contribution in [0.3, 0.4) is 0 Å². The second kappa shape index (κ2) is 7.90. The van der Waals surface area contributed by atoms with Gasteiger partial charge in [-0.05, 0) is 43.7 Å². The van der Waals surface area contributed by atoms with Gasteiger partial charge in [0.25, 0.3) is 5.91 Å². The number of amides is 1. The Hall–Kier alpha value is -3.35. The summed E-state index contributed by atoms with van der Waals surface area (Å²) in [6.45, 7) is 3.68. The van der Waals surface area contributed by atoms with Crippen molar-refractivity contribution in [3.63, 3.8) is 0 Å². The van der Waals surface area contributed by atoms with E-state index in [0.717, 1.165) is 11.1 Å². The quantitative estimate of drug-likeness (QED) is 0.717. The lowest BCUT2D eigenvalue weighted by Gasteiger charge is -2.11. The summed E-state index contributed by atoms with van der Waals surface area (Å²) in [4.78, 5) is 16.8. The van der Waals surface area contributed by atoms with E-state index < -0.39 is 6.04 Å². The molecular weight excluding hydrogens is 346 g/mol. The number of ether oxygens (including phenoxy) is 2. The molecule has 7 heteroatoms. The molecular formula is C20H21N3O4. The molecule has 1 amide bonds. The van der Waals surface area contributed by atoms with Gasteiger partial charge in [0.05, 0.1) is 14.2 Å². The molecule has 1 heterocycles. The minimum absolute atomic E-state index is 0.188. The maximum absolute atomic E-state index is 12.4. The topological polar surface area (TPSA) is 86.5 Å². The van der Waals surface area contributed by atoms with Gasteiger partial charge < -0.3 is 19.3 Å². The highest BCUT2D eigenvalue weighted by Crippen LogP contribution is 2.31. The smallest absolute Gasteiger partial charge is 0.252 e. The monoisotopic (exact) mass is 367 g/mol. The van der Waals surface area contributed by atoms with E-state index in [2.05, 4.69) is 15.5 Å². The Kier molecular flexibility index (Phi) is 5.40. The van der Waals surface area contributed by atoms with E-state index in [4.69, 9.17) is 14.0 Å². The lowest BCUT2D eigenvalue weighted by molar-refractivity contribution is 0.0932. The second-order valence-electron chi connectivity index (χ2n) is 6.04. The summed E-state index contributed by atoms with van der Waals surface area (Å²) in [7, 11) is 3.13. The molecule has 0 saturated heterocycles. The molecule has 7 nitrogen and oxygen atoms in total. The first kappa shape index (κ1) is 18.4. The Morgan fingerprint density at radius 1 is 1.11 bits per heavy atom. The molecule has 140 valence electrons. The van der Waals surface area contributed by atoms with Gasteiger partial charge in [-0.3, -0.25) is 4.79 Å². The van der Waals surface area contributed by atoms with Crippen LogP contribution in [0.2, 0.25) is 0 Å². The van der Waals surface area contributed by atoms with Gasteiger partial charge in [0.2, 0.25) is 11.7 Å². The van der Waals surface area contributed by atoms with Gasteiger partial charge in [-0.2, -0.15) is 4.98 Å². The lowest BCUT2D eigenvalue weighted by atomic mass is 10.1. The second-order valence-corrected chi connectivity index (χ2v) is 6.04. The van der Waals surface area contributed by atoms with Crippen LogP contribution >= 0.6 is 0 Å². The molecule has 0 spiro atoms. The summed E-state index contributed by atoms with van der Waals surface area (Å²) in [6, 6.07) is 12.3. The van der Waals surface area contributed by atoms with Gasteiger partial charge >= 0.3 is 0 Å². The van der Waals surface area contributed by atoms with Crippen molar-refractivity contribution in [1.82, 2.24) is 15.5 Å². The minimum Gasteiger partial charge on any atom is -0.493 e. The summed E-state index contributed by atoms with van der Waals surface area (Å²) < 4.78 is 15.9. The van der Waals surface area contributed by atoms with E-state index in [0.29, 0.717) is 28.8 Å². The number of benzene rings is 2. The SMILES string of the molecule is COc1ccc(-c2noc([C@H](C)NC(=O)c3ccccc3C)n2)cc1OC. The van der Waals surface area contributed by atoms with Crippen LogP contribution in [0.15, 0.2) is 47.0 Å². The molecule has 0 bridgehead atoms. The van der Waals surface area contributed by atoms with E-state index in [1.54, 1.807) is 39.3 Å². The molecule has 3 aromatic rings. The molecule has 0 unspecified atom stereocenters. The average Bonchev–Trinajstić information content (AvgIpc) is 3.18. The number of nitrogens with zero attached hydrogens (tertiary/aromatic N) is 2. The number of hydrogen-bond donors (Lipinski definition) is 1. The van der Waals surface area contributed by atoms with Crippen LogP contribution in [-0.2, 0) is 0 Å². The Bertz CT molecular complexity index is 952. The van der Waals surface area contributed by atoms with Crippen LogP contribution < -0.4 is 14.8 Å². The van der Waals surface area contributed by atoms with Crippen molar-refractivity contribution in [2.45, 2.75) is 19.9 Å². The highest BCUT2D eigenvalue weighted by Gasteiger charge is 2.19. The van der Waals surface area contributed by atoms with Crippen molar-refractivity contribution in [2.24, 2.45) is 0 Å². The Morgan fingerprint density at radius 3 is 2.56 bits per heavy atom. The third kappa shape index (κ3) is 3.92. The van der Waals surface area contributed by atoms with E-state index >= 15 is 0 Å². The van der Waals surface area contributed by atoms with E-state index in [-0.39, 0.29) is 5.91 Å². The number of hydrogen-bond acceptors (Lipinski definition) is 6. The van der Waals surface area contributed by atoms with Gasteiger partial charge in [-0.1, -0.05) is 23.4 Å². The molecule has 3 rings (SSSR count). The molecule has 1 N–H and O–H groups in total. The molecule has 0 aliphatic carbocycles. The third-order valence-electron chi connectivity index (χ3n) is 4.19. The fraction of sp³-hybridized carbons (Fsp3) is 0.250. The van der Waals surface area contributed by atoms with Crippen molar-refractivity contribution in [3.8, 4) is 22.9 Å². The van der Waals surface area contributed by atoms with E-state index in [9.17, 15) is 4.79 Å².